The minimum atomic E-state index is -0.497. The molecular weight excluding hydrogens is 324 g/mol. The number of hydrogen-bond acceptors (Lipinski definition) is 5. The summed E-state index contributed by atoms with van der Waals surface area (Å²) in [5, 5.41) is 11.0. The Morgan fingerprint density at radius 1 is 1.28 bits per heavy atom. The molecule has 0 unspecified atom stereocenters. The van der Waals surface area contributed by atoms with E-state index in [9.17, 15) is 14.9 Å². The van der Waals surface area contributed by atoms with Gasteiger partial charge in [-0.15, -0.1) is 0 Å². The molecule has 7 nitrogen and oxygen atoms in total. The van der Waals surface area contributed by atoms with Crippen molar-refractivity contribution in [2.75, 3.05) is 24.7 Å². The van der Waals surface area contributed by atoms with Gasteiger partial charge >= 0.3 is 0 Å². The van der Waals surface area contributed by atoms with E-state index in [1.54, 1.807) is 0 Å². The van der Waals surface area contributed by atoms with E-state index in [-0.39, 0.29) is 18.2 Å². The monoisotopic (exact) mass is 342 g/mol. The van der Waals surface area contributed by atoms with E-state index in [1.807, 2.05) is 24.3 Å². The van der Waals surface area contributed by atoms with Crippen molar-refractivity contribution >= 4 is 17.3 Å². The molecule has 0 saturated carbocycles. The molecule has 0 aliphatic carbocycles. The van der Waals surface area contributed by atoms with Gasteiger partial charge in [-0.2, -0.15) is 0 Å². The number of non-ortho nitro benzene ring substituents is 1. The predicted octanol–water partition coefficient (Wildman–Crippen LogP) is 2.96. The molecule has 0 aromatic heterocycles. The third-order valence-electron chi connectivity index (χ3n) is 4.01. The van der Waals surface area contributed by atoms with E-state index in [0.29, 0.717) is 30.3 Å². The van der Waals surface area contributed by atoms with Gasteiger partial charge in [0.2, 0.25) is 0 Å². The Bertz CT molecular complexity index is 789. The number of nitro groups is 1. The SMILES string of the molecule is CCc1ccc(OCC(=O)N2CCOc3ccc([N+](=O)[O-])cc32)cc1. The Morgan fingerprint density at radius 3 is 2.72 bits per heavy atom. The number of amides is 1. The molecule has 0 bridgehead atoms. The zero-order valence-corrected chi connectivity index (χ0v) is 13.8. The van der Waals surface area contributed by atoms with Crippen molar-refractivity contribution in [3.05, 3.63) is 58.1 Å². The first-order valence-corrected chi connectivity index (χ1v) is 8.02. The zero-order valence-electron chi connectivity index (χ0n) is 13.8. The van der Waals surface area contributed by atoms with Crippen LogP contribution in [0.3, 0.4) is 0 Å². The number of anilines is 1. The molecule has 1 aliphatic heterocycles. The maximum atomic E-state index is 12.5. The number of carbonyl (C=O) groups excluding carboxylic acids is 1. The lowest BCUT2D eigenvalue weighted by atomic mass is 10.2. The van der Waals surface area contributed by atoms with Crippen LogP contribution in [-0.4, -0.2) is 30.6 Å². The summed E-state index contributed by atoms with van der Waals surface area (Å²) in [6, 6.07) is 11.8. The fourth-order valence-electron chi connectivity index (χ4n) is 2.62. The fourth-order valence-corrected chi connectivity index (χ4v) is 2.62. The van der Waals surface area contributed by atoms with Crippen molar-refractivity contribution in [3.63, 3.8) is 0 Å². The van der Waals surface area contributed by atoms with Gasteiger partial charge in [-0.1, -0.05) is 19.1 Å². The van der Waals surface area contributed by atoms with E-state index in [0.717, 1.165) is 6.42 Å². The van der Waals surface area contributed by atoms with Crippen LogP contribution in [0.4, 0.5) is 11.4 Å². The number of benzene rings is 2. The number of fused-ring (bicyclic) bond motifs is 1. The molecule has 0 radical (unpaired) electrons. The van der Waals surface area contributed by atoms with Crippen molar-refractivity contribution in [2.24, 2.45) is 0 Å². The van der Waals surface area contributed by atoms with Crippen LogP contribution < -0.4 is 14.4 Å². The van der Waals surface area contributed by atoms with Crippen LogP contribution in [-0.2, 0) is 11.2 Å². The summed E-state index contributed by atoms with van der Waals surface area (Å²) < 4.78 is 11.0. The lowest BCUT2D eigenvalue weighted by Gasteiger charge is -2.29. The lowest BCUT2D eigenvalue weighted by molar-refractivity contribution is -0.384. The molecule has 1 aliphatic rings. The molecule has 0 atom stereocenters. The molecule has 1 amide bonds. The Balaban J connectivity index is 1.72. The second-order valence-corrected chi connectivity index (χ2v) is 5.59. The van der Waals surface area contributed by atoms with Gasteiger partial charge in [-0.05, 0) is 30.2 Å². The largest absolute Gasteiger partial charge is 0.490 e. The maximum absolute atomic E-state index is 12.5. The van der Waals surface area contributed by atoms with Crippen LogP contribution in [0.15, 0.2) is 42.5 Å². The minimum Gasteiger partial charge on any atom is -0.490 e. The summed E-state index contributed by atoms with van der Waals surface area (Å²) in [5.41, 5.74) is 1.50. The molecule has 130 valence electrons. The van der Waals surface area contributed by atoms with Gasteiger partial charge in [-0.25, -0.2) is 0 Å². The highest BCUT2D eigenvalue weighted by Crippen LogP contribution is 2.34. The zero-order chi connectivity index (χ0) is 17.8. The summed E-state index contributed by atoms with van der Waals surface area (Å²) in [6.07, 6.45) is 0.933. The van der Waals surface area contributed by atoms with E-state index in [2.05, 4.69) is 6.92 Å². The minimum absolute atomic E-state index is 0.0851. The van der Waals surface area contributed by atoms with Gasteiger partial charge in [-0.3, -0.25) is 14.9 Å². The normalized spacial score (nSPS) is 12.9. The van der Waals surface area contributed by atoms with Crippen molar-refractivity contribution < 1.29 is 19.2 Å². The summed E-state index contributed by atoms with van der Waals surface area (Å²) in [6.45, 7) is 2.58. The third-order valence-corrected chi connectivity index (χ3v) is 4.01. The number of hydrogen-bond donors (Lipinski definition) is 0. The molecule has 0 saturated heterocycles. The topological polar surface area (TPSA) is 81.9 Å². The average molecular weight is 342 g/mol. The van der Waals surface area contributed by atoms with Crippen LogP contribution in [0.25, 0.3) is 0 Å². The van der Waals surface area contributed by atoms with Gasteiger partial charge in [0.25, 0.3) is 11.6 Å². The van der Waals surface area contributed by atoms with Gasteiger partial charge < -0.3 is 14.4 Å². The van der Waals surface area contributed by atoms with Crippen LogP contribution in [0.5, 0.6) is 11.5 Å². The highest BCUT2D eigenvalue weighted by Gasteiger charge is 2.26. The molecule has 0 spiro atoms. The molecule has 25 heavy (non-hydrogen) atoms. The maximum Gasteiger partial charge on any atom is 0.271 e. The smallest absolute Gasteiger partial charge is 0.271 e. The van der Waals surface area contributed by atoms with E-state index in [4.69, 9.17) is 9.47 Å². The van der Waals surface area contributed by atoms with Crippen LogP contribution in [0, 0.1) is 10.1 Å². The summed E-state index contributed by atoms with van der Waals surface area (Å²) >= 11 is 0. The van der Waals surface area contributed by atoms with Crippen molar-refractivity contribution in [3.8, 4) is 11.5 Å². The summed E-state index contributed by atoms with van der Waals surface area (Å²) in [7, 11) is 0. The Kier molecular flexibility index (Phi) is 4.83. The first-order valence-electron chi connectivity index (χ1n) is 8.02. The number of nitro benzene ring substituents is 1. The second-order valence-electron chi connectivity index (χ2n) is 5.59. The summed E-state index contributed by atoms with van der Waals surface area (Å²) in [4.78, 5) is 24.4. The van der Waals surface area contributed by atoms with Crippen molar-refractivity contribution in [1.29, 1.82) is 0 Å². The standard InChI is InChI=1S/C18H18N2O5/c1-2-13-3-6-15(7-4-13)25-12-18(21)19-9-10-24-17-8-5-14(20(22)23)11-16(17)19/h3-8,11H,2,9-10,12H2,1H3. The van der Waals surface area contributed by atoms with Crippen molar-refractivity contribution in [1.82, 2.24) is 0 Å². The van der Waals surface area contributed by atoms with E-state index < -0.39 is 4.92 Å². The van der Waals surface area contributed by atoms with Gasteiger partial charge in [0.15, 0.2) is 6.61 Å². The van der Waals surface area contributed by atoms with E-state index in [1.165, 1.54) is 28.7 Å². The first kappa shape index (κ1) is 16.8. The molecule has 0 N–H and O–H groups in total. The van der Waals surface area contributed by atoms with Crippen LogP contribution in [0.2, 0.25) is 0 Å². The molecular formula is C18H18N2O5. The van der Waals surface area contributed by atoms with Gasteiger partial charge in [0.1, 0.15) is 18.1 Å². The lowest BCUT2D eigenvalue weighted by Crippen LogP contribution is -2.40. The molecule has 2 aromatic rings. The summed E-state index contributed by atoms with van der Waals surface area (Å²) in [5.74, 6) is 0.792. The van der Waals surface area contributed by atoms with Gasteiger partial charge in [0, 0.05) is 12.1 Å². The number of aryl methyl sites for hydroxylation is 1. The van der Waals surface area contributed by atoms with E-state index >= 15 is 0 Å². The second kappa shape index (κ2) is 7.21. The first-order chi connectivity index (χ1) is 12.1. The molecule has 2 aromatic carbocycles. The molecule has 0 fully saturated rings. The number of ether oxygens (including phenoxy) is 2. The number of carbonyl (C=O) groups is 1. The molecule has 3 rings (SSSR count). The Hall–Kier alpha value is -3.09. The molecule has 7 heteroatoms. The number of nitrogens with zero attached hydrogens (tertiary/aromatic N) is 2. The Labute approximate surface area is 144 Å². The fraction of sp³-hybridized carbons (Fsp3) is 0.278. The van der Waals surface area contributed by atoms with Crippen molar-refractivity contribution in [2.45, 2.75) is 13.3 Å². The van der Waals surface area contributed by atoms with Crippen LogP contribution >= 0.6 is 0 Å². The van der Waals surface area contributed by atoms with Gasteiger partial charge in [0.05, 0.1) is 17.2 Å². The Morgan fingerprint density at radius 2 is 2.04 bits per heavy atom. The highest BCUT2D eigenvalue weighted by molar-refractivity contribution is 5.96. The quantitative estimate of drug-likeness (QED) is 0.616. The number of rotatable bonds is 5. The van der Waals surface area contributed by atoms with Crippen LogP contribution in [0.1, 0.15) is 12.5 Å². The molecule has 1 heterocycles. The third kappa shape index (κ3) is 3.71. The highest BCUT2D eigenvalue weighted by atomic mass is 16.6. The average Bonchev–Trinajstić information content (AvgIpc) is 2.65. The predicted molar refractivity (Wildman–Crippen MR) is 92.3 cm³/mol.